The number of rotatable bonds is 4. The maximum Gasteiger partial charge on any atom is 0.573 e. The Morgan fingerprint density at radius 3 is 2.64 bits per heavy atom. The molecule has 1 atom stereocenters. The van der Waals surface area contributed by atoms with E-state index < -0.39 is 40.8 Å². The molecule has 172 valence electrons. The van der Waals surface area contributed by atoms with E-state index in [1.165, 1.54) is 6.07 Å². The minimum Gasteiger partial charge on any atom is -0.491 e. The standard InChI is InChI=1S/C21H14F5N3O4/c22-13-8-16-18(28-10-13)20(5-6-32-16,29-19(31)11-1-4-17(30)27-9-11)12-2-3-15(14(23)7-12)33-21(24,25)26/h1-4,7-10H,5-6H2,(H,27,30)(H,29,31). The molecule has 12 heteroatoms. The van der Waals surface area contributed by atoms with Crippen molar-refractivity contribution in [2.45, 2.75) is 18.3 Å². The van der Waals surface area contributed by atoms with E-state index >= 15 is 0 Å². The first kappa shape index (κ1) is 22.2. The van der Waals surface area contributed by atoms with E-state index in [9.17, 15) is 31.5 Å². The van der Waals surface area contributed by atoms with Gasteiger partial charge in [-0.15, -0.1) is 13.2 Å². The molecule has 4 rings (SSSR count). The van der Waals surface area contributed by atoms with Crippen LogP contribution in [0.15, 0.2) is 53.6 Å². The first-order chi connectivity index (χ1) is 15.6. The molecule has 1 aliphatic rings. The number of carbonyl (C=O) groups is 1. The number of aromatic nitrogens is 2. The Bertz CT molecular complexity index is 1260. The van der Waals surface area contributed by atoms with Crippen molar-refractivity contribution in [3.63, 3.8) is 0 Å². The number of nitrogens with one attached hydrogen (secondary N) is 2. The summed E-state index contributed by atoms with van der Waals surface area (Å²) in [4.78, 5) is 30.6. The number of aromatic amines is 1. The van der Waals surface area contributed by atoms with Crippen LogP contribution in [0.1, 0.15) is 28.0 Å². The molecule has 0 spiro atoms. The highest BCUT2D eigenvalue weighted by molar-refractivity contribution is 5.94. The molecule has 0 aliphatic carbocycles. The molecule has 33 heavy (non-hydrogen) atoms. The summed E-state index contributed by atoms with van der Waals surface area (Å²) in [6.45, 7) is -0.0491. The number of carbonyl (C=O) groups excluding carboxylic acids is 1. The zero-order chi connectivity index (χ0) is 23.8. The summed E-state index contributed by atoms with van der Waals surface area (Å²) in [5, 5.41) is 2.70. The maximum atomic E-state index is 14.6. The average molecular weight is 467 g/mol. The van der Waals surface area contributed by atoms with Crippen LogP contribution in [-0.4, -0.2) is 28.8 Å². The number of pyridine rings is 2. The summed E-state index contributed by atoms with van der Waals surface area (Å²) in [6, 6.07) is 6.08. The van der Waals surface area contributed by atoms with Crippen molar-refractivity contribution in [3.8, 4) is 11.5 Å². The summed E-state index contributed by atoms with van der Waals surface area (Å²) in [5.74, 6) is -3.86. The monoisotopic (exact) mass is 467 g/mol. The lowest BCUT2D eigenvalue weighted by atomic mass is 9.81. The van der Waals surface area contributed by atoms with Gasteiger partial charge in [0.1, 0.15) is 22.8 Å². The van der Waals surface area contributed by atoms with Crippen molar-refractivity contribution in [1.29, 1.82) is 0 Å². The SMILES string of the molecule is O=C(NC1(c2ccc(OC(F)(F)F)c(F)c2)CCOc2cc(F)cnc21)c1ccc(=O)[nH]c1. The van der Waals surface area contributed by atoms with E-state index in [0.29, 0.717) is 0 Å². The molecule has 0 saturated heterocycles. The average Bonchev–Trinajstić information content (AvgIpc) is 2.74. The molecule has 1 aromatic carbocycles. The van der Waals surface area contributed by atoms with Crippen LogP contribution in [-0.2, 0) is 5.54 Å². The zero-order valence-corrected chi connectivity index (χ0v) is 16.5. The predicted molar refractivity (Wildman–Crippen MR) is 103 cm³/mol. The van der Waals surface area contributed by atoms with Gasteiger partial charge >= 0.3 is 6.36 Å². The fraction of sp³-hybridized carbons (Fsp3) is 0.190. The number of nitrogens with zero attached hydrogens (tertiary/aromatic N) is 1. The molecule has 1 amide bonds. The first-order valence-corrected chi connectivity index (χ1v) is 9.43. The van der Waals surface area contributed by atoms with Crippen LogP contribution in [0.25, 0.3) is 0 Å². The van der Waals surface area contributed by atoms with E-state index in [4.69, 9.17) is 4.74 Å². The molecule has 0 radical (unpaired) electrons. The molecule has 1 aliphatic heterocycles. The lowest BCUT2D eigenvalue weighted by molar-refractivity contribution is -0.275. The van der Waals surface area contributed by atoms with Gasteiger partial charge in [-0.1, -0.05) is 6.07 Å². The Balaban J connectivity index is 1.83. The van der Waals surface area contributed by atoms with Crippen molar-refractivity contribution < 1.29 is 36.2 Å². The smallest absolute Gasteiger partial charge is 0.491 e. The number of fused-ring (bicyclic) bond motifs is 1. The fourth-order valence-corrected chi connectivity index (χ4v) is 3.55. The summed E-state index contributed by atoms with van der Waals surface area (Å²) < 4.78 is 75.0. The molecule has 1 unspecified atom stereocenters. The number of alkyl halides is 3. The Morgan fingerprint density at radius 2 is 1.97 bits per heavy atom. The van der Waals surface area contributed by atoms with Crippen LogP contribution in [0.2, 0.25) is 0 Å². The molecule has 0 saturated carbocycles. The molecular weight excluding hydrogens is 453 g/mol. The summed E-state index contributed by atoms with van der Waals surface area (Å²) >= 11 is 0. The van der Waals surface area contributed by atoms with Crippen LogP contribution < -0.4 is 20.3 Å². The van der Waals surface area contributed by atoms with Gasteiger partial charge in [-0.2, -0.15) is 0 Å². The normalized spacial score (nSPS) is 17.6. The zero-order valence-electron chi connectivity index (χ0n) is 16.5. The number of hydrogen-bond donors (Lipinski definition) is 2. The van der Waals surface area contributed by atoms with Crippen LogP contribution in [0.5, 0.6) is 11.5 Å². The fourth-order valence-electron chi connectivity index (χ4n) is 3.55. The summed E-state index contributed by atoms with van der Waals surface area (Å²) in [7, 11) is 0. The van der Waals surface area contributed by atoms with Crippen molar-refractivity contribution in [1.82, 2.24) is 15.3 Å². The topological polar surface area (TPSA) is 93.3 Å². The van der Waals surface area contributed by atoms with Crippen LogP contribution in [0.3, 0.4) is 0 Å². The predicted octanol–water partition coefficient (Wildman–Crippen LogP) is 3.40. The number of halogens is 5. The van der Waals surface area contributed by atoms with E-state index in [1.807, 2.05) is 0 Å². The second kappa shape index (κ2) is 8.19. The van der Waals surface area contributed by atoms with Gasteiger partial charge < -0.3 is 19.8 Å². The third-order valence-electron chi connectivity index (χ3n) is 4.98. The minimum absolute atomic E-state index is 0.00730. The summed E-state index contributed by atoms with van der Waals surface area (Å²) in [5.41, 5.74) is -1.95. The molecule has 7 nitrogen and oxygen atoms in total. The van der Waals surface area contributed by atoms with Crippen LogP contribution >= 0.6 is 0 Å². The first-order valence-electron chi connectivity index (χ1n) is 9.43. The summed E-state index contributed by atoms with van der Waals surface area (Å²) in [6.07, 6.45) is -3.09. The van der Waals surface area contributed by atoms with Gasteiger partial charge in [-0.05, 0) is 23.8 Å². The van der Waals surface area contributed by atoms with E-state index in [0.717, 1.165) is 42.7 Å². The number of ether oxygens (including phenoxy) is 2. The van der Waals surface area contributed by atoms with E-state index in [-0.39, 0.29) is 35.6 Å². The van der Waals surface area contributed by atoms with Gasteiger partial charge in [0.2, 0.25) is 5.56 Å². The van der Waals surface area contributed by atoms with Gasteiger partial charge in [-0.25, -0.2) is 8.78 Å². The highest BCUT2D eigenvalue weighted by atomic mass is 19.4. The van der Waals surface area contributed by atoms with Crippen LogP contribution in [0.4, 0.5) is 22.0 Å². The highest BCUT2D eigenvalue weighted by Gasteiger charge is 2.43. The Labute approximate surface area is 182 Å². The van der Waals surface area contributed by atoms with Crippen molar-refractivity contribution >= 4 is 5.91 Å². The second-order valence-corrected chi connectivity index (χ2v) is 7.09. The molecule has 3 aromatic rings. The highest BCUT2D eigenvalue weighted by Crippen LogP contribution is 2.42. The number of benzene rings is 1. The maximum absolute atomic E-state index is 14.6. The van der Waals surface area contributed by atoms with Crippen molar-refractivity contribution in [3.05, 3.63) is 87.6 Å². The van der Waals surface area contributed by atoms with E-state index in [2.05, 4.69) is 20.0 Å². The molecular formula is C21H14F5N3O4. The molecule has 0 fully saturated rings. The quantitative estimate of drug-likeness (QED) is 0.574. The third-order valence-corrected chi connectivity index (χ3v) is 4.98. The van der Waals surface area contributed by atoms with Crippen LogP contribution in [0, 0.1) is 11.6 Å². The molecule has 3 heterocycles. The Kier molecular flexibility index (Phi) is 5.52. The van der Waals surface area contributed by atoms with Gasteiger partial charge in [-0.3, -0.25) is 14.6 Å². The largest absolute Gasteiger partial charge is 0.573 e. The number of H-pyrrole nitrogens is 1. The Morgan fingerprint density at radius 1 is 1.18 bits per heavy atom. The lowest BCUT2D eigenvalue weighted by Gasteiger charge is -2.39. The van der Waals surface area contributed by atoms with Gasteiger partial charge in [0.05, 0.1) is 18.4 Å². The van der Waals surface area contributed by atoms with Gasteiger partial charge in [0.15, 0.2) is 11.6 Å². The number of amides is 1. The number of hydrogen-bond acceptors (Lipinski definition) is 5. The third kappa shape index (κ3) is 4.49. The van der Waals surface area contributed by atoms with Crippen molar-refractivity contribution in [2.24, 2.45) is 0 Å². The second-order valence-electron chi connectivity index (χ2n) is 7.09. The van der Waals surface area contributed by atoms with Gasteiger partial charge in [0.25, 0.3) is 5.91 Å². The Hall–Kier alpha value is -3.96. The van der Waals surface area contributed by atoms with Crippen molar-refractivity contribution in [2.75, 3.05) is 6.61 Å². The van der Waals surface area contributed by atoms with Gasteiger partial charge in [0, 0.05) is 24.8 Å². The molecule has 2 N–H and O–H groups in total. The van der Waals surface area contributed by atoms with E-state index in [1.54, 1.807) is 0 Å². The molecule has 2 aromatic heterocycles. The molecule has 0 bridgehead atoms. The minimum atomic E-state index is -5.11. The lowest BCUT2D eigenvalue weighted by Crippen LogP contribution is -2.50.